The van der Waals surface area contributed by atoms with E-state index in [0.29, 0.717) is 11.8 Å². The normalized spacial score (nSPS) is 15.9. The van der Waals surface area contributed by atoms with Crippen LogP contribution in [0.4, 0.5) is 0 Å². The fraction of sp³-hybridized carbons (Fsp3) is 0.562. The minimum absolute atomic E-state index is 0.151. The molecule has 0 bridgehead atoms. The van der Waals surface area contributed by atoms with Crippen LogP contribution in [0.2, 0.25) is 5.02 Å². The molecule has 21 heavy (non-hydrogen) atoms. The summed E-state index contributed by atoms with van der Waals surface area (Å²) in [6.07, 6.45) is 3.99. The first-order valence-corrected chi connectivity index (χ1v) is 8.96. The third kappa shape index (κ3) is 6.72. The first-order valence-electron chi connectivity index (χ1n) is 7.43. The molecule has 1 aromatic carbocycles. The quantitative estimate of drug-likeness (QED) is 0.781. The molecule has 2 rings (SSSR count). The van der Waals surface area contributed by atoms with Crippen LogP contribution < -0.4 is 5.32 Å². The number of thioether (sulfide) groups is 1. The van der Waals surface area contributed by atoms with Gasteiger partial charge in [0.2, 0.25) is 5.91 Å². The Labute approximate surface area is 135 Å². The van der Waals surface area contributed by atoms with Gasteiger partial charge in [-0.25, -0.2) is 0 Å². The second kappa shape index (κ2) is 9.34. The summed E-state index contributed by atoms with van der Waals surface area (Å²) in [5.74, 6) is 1.71. The molecule has 0 aliphatic carbocycles. The summed E-state index contributed by atoms with van der Waals surface area (Å²) in [6, 6.07) is 8.27. The molecule has 0 unspecified atom stereocenters. The van der Waals surface area contributed by atoms with Gasteiger partial charge in [0.15, 0.2) is 0 Å². The Kier molecular flexibility index (Phi) is 7.41. The lowest BCUT2D eigenvalue weighted by atomic mass is 10.1. The minimum atomic E-state index is 0.151. The lowest BCUT2D eigenvalue weighted by molar-refractivity contribution is -0.119. The highest BCUT2D eigenvalue weighted by molar-refractivity contribution is 7.99. The van der Waals surface area contributed by atoms with E-state index in [1.165, 1.54) is 5.56 Å². The summed E-state index contributed by atoms with van der Waals surface area (Å²) >= 11 is 7.56. The van der Waals surface area contributed by atoms with Crippen LogP contribution in [0.15, 0.2) is 24.3 Å². The van der Waals surface area contributed by atoms with Crippen LogP contribution in [-0.4, -0.2) is 36.7 Å². The average molecular weight is 328 g/mol. The molecule has 0 radical (unpaired) electrons. The van der Waals surface area contributed by atoms with Crippen molar-refractivity contribution in [2.24, 2.45) is 0 Å². The van der Waals surface area contributed by atoms with Gasteiger partial charge in [0.25, 0.3) is 0 Å². The number of carbonyl (C=O) groups is 1. The molecular weight excluding hydrogens is 306 g/mol. The molecule has 1 amide bonds. The number of hydrogen-bond acceptors (Lipinski definition) is 3. The van der Waals surface area contributed by atoms with E-state index >= 15 is 0 Å². The zero-order valence-electron chi connectivity index (χ0n) is 12.1. The van der Waals surface area contributed by atoms with E-state index in [1.807, 2.05) is 12.1 Å². The molecule has 0 atom stereocenters. The third-order valence-corrected chi connectivity index (χ3v) is 4.78. The van der Waals surface area contributed by atoms with Crippen molar-refractivity contribution in [1.29, 1.82) is 0 Å². The number of ether oxygens (including phenoxy) is 1. The number of carbonyl (C=O) groups excluding carboxylic acids is 1. The lowest BCUT2D eigenvalue weighted by Gasteiger charge is -2.22. The number of amides is 1. The van der Waals surface area contributed by atoms with Crippen molar-refractivity contribution in [1.82, 2.24) is 5.32 Å². The Hall–Kier alpha value is -0.710. The molecule has 1 heterocycles. The summed E-state index contributed by atoms with van der Waals surface area (Å²) < 4.78 is 5.28. The number of benzene rings is 1. The Morgan fingerprint density at radius 2 is 2.00 bits per heavy atom. The Morgan fingerprint density at radius 1 is 1.29 bits per heavy atom. The second-order valence-corrected chi connectivity index (χ2v) is 6.78. The van der Waals surface area contributed by atoms with Crippen LogP contribution in [-0.2, 0) is 16.0 Å². The zero-order chi connectivity index (χ0) is 14.9. The van der Waals surface area contributed by atoms with Crippen molar-refractivity contribution < 1.29 is 9.53 Å². The van der Waals surface area contributed by atoms with Gasteiger partial charge in [-0.1, -0.05) is 23.7 Å². The second-order valence-electron chi connectivity index (χ2n) is 5.24. The predicted molar refractivity (Wildman–Crippen MR) is 89.1 cm³/mol. The highest BCUT2D eigenvalue weighted by atomic mass is 35.5. The first kappa shape index (κ1) is 16.7. The molecule has 3 nitrogen and oxygen atoms in total. The predicted octanol–water partition coefficient (Wildman–Crippen LogP) is 3.30. The van der Waals surface area contributed by atoms with Gasteiger partial charge in [-0.3, -0.25) is 4.79 Å². The molecule has 0 aromatic heterocycles. The molecule has 116 valence electrons. The number of halogens is 1. The molecule has 1 aliphatic heterocycles. The SMILES string of the molecule is O=C(CSCCCc1ccc(Cl)cc1)NC1CCOCC1. The average Bonchev–Trinajstić information content (AvgIpc) is 2.50. The van der Waals surface area contributed by atoms with Crippen LogP contribution in [0.25, 0.3) is 0 Å². The Bertz CT molecular complexity index is 432. The smallest absolute Gasteiger partial charge is 0.230 e. The van der Waals surface area contributed by atoms with Crippen LogP contribution in [0.5, 0.6) is 0 Å². The molecule has 1 N–H and O–H groups in total. The van der Waals surface area contributed by atoms with Crippen LogP contribution in [0, 0.1) is 0 Å². The summed E-state index contributed by atoms with van der Waals surface area (Å²) in [4.78, 5) is 11.8. The highest BCUT2D eigenvalue weighted by Crippen LogP contribution is 2.13. The van der Waals surface area contributed by atoms with Crippen LogP contribution >= 0.6 is 23.4 Å². The first-order chi connectivity index (χ1) is 10.2. The van der Waals surface area contributed by atoms with Gasteiger partial charge in [-0.15, -0.1) is 0 Å². The molecule has 5 heteroatoms. The summed E-state index contributed by atoms with van der Waals surface area (Å²) in [5.41, 5.74) is 1.30. The molecule has 1 fully saturated rings. The van der Waals surface area contributed by atoms with Crippen molar-refractivity contribution in [3.05, 3.63) is 34.9 Å². The standard InChI is InChI=1S/C16H22ClNO2S/c17-14-5-3-13(4-6-14)2-1-11-21-12-16(19)18-15-7-9-20-10-8-15/h3-6,15H,1-2,7-12H2,(H,18,19). The summed E-state index contributed by atoms with van der Waals surface area (Å²) in [5, 5.41) is 3.86. The number of rotatable bonds is 7. The van der Waals surface area contributed by atoms with Crippen molar-refractivity contribution in [3.8, 4) is 0 Å². The van der Waals surface area contributed by atoms with Crippen molar-refractivity contribution in [3.63, 3.8) is 0 Å². The van der Waals surface area contributed by atoms with Gasteiger partial charge >= 0.3 is 0 Å². The van der Waals surface area contributed by atoms with Crippen molar-refractivity contribution in [2.45, 2.75) is 31.7 Å². The van der Waals surface area contributed by atoms with Crippen molar-refractivity contribution in [2.75, 3.05) is 24.7 Å². The van der Waals surface area contributed by atoms with Gasteiger partial charge in [0, 0.05) is 24.3 Å². The molecule has 1 aromatic rings. The number of aryl methyl sites for hydroxylation is 1. The third-order valence-electron chi connectivity index (χ3n) is 3.49. The molecule has 1 aliphatic rings. The van der Waals surface area contributed by atoms with Gasteiger partial charge < -0.3 is 10.1 Å². The van der Waals surface area contributed by atoms with E-state index in [-0.39, 0.29) is 5.91 Å². The topological polar surface area (TPSA) is 38.3 Å². The van der Waals surface area contributed by atoms with Crippen LogP contribution in [0.1, 0.15) is 24.8 Å². The molecule has 1 saturated heterocycles. The summed E-state index contributed by atoms with van der Waals surface area (Å²) in [6.45, 7) is 1.53. The number of nitrogens with one attached hydrogen (secondary N) is 1. The van der Waals surface area contributed by atoms with Gasteiger partial charge in [0.1, 0.15) is 0 Å². The van der Waals surface area contributed by atoms with E-state index in [9.17, 15) is 4.79 Å². The fourth-order valence-corrected chi connectivity index (χ4v) is 3.19. The van der Waals surface area contributed by atoms with E-state index in [0.717, 1.165) is 49.7 Å². The summed E-state index contributed by atoms with van der Waals surface area (Å²) in [7, 11) is 0. The van der Waals surface area contributed by atoms with Crippen LogP contribution in [0.3, 0.4) is 0 Å². The lowest BCUT2D eigenvalue weighted by Crippen LogP contribution is -2.39. The maximum Gasteiger partial charge on any atom is 0.230 e. The zero-order valence-corrected chi connectivity index (χ0v) is 13.7. The largest absolute Gasteiger partial charge is 0.381 e. The van der Waals surface area contributed by atoms with Gasteiger partial charge in [-0.2, -0.15) is 11.8 Å². The van der Waals surface area contributed by atoms with Gasteiger partial charge in [-0.05, 0) is 49.1 Å². The highest BCUT2D eigenvalue weighted by Gasteiger charge is 2.15. The van der Waals surface area contributed by atoms with E-state index in [1.54, 1.807) is 11.8 Å². The van der Waals surface area contributed by atoms with E-state index in [2.05, 4.69) is 17.4 Å². The molecular formula is C16H22ClNO2S. The maximum atomic E-state index is 11.8. The molecule has 0 saturated carbocycles. The Morgan fingerprint density at radius 3 is 2.71 bits per heavy atom. The Balaban J connectivity index is 1.52. The number of hydrogen-bond donors (Lipinski definition) is 1. The molecule has 0 spiro atoms. The van der Waals surface area contributed by atoms with Crippen molar-refractivity contribution >= 4 is 29.3 Å². The minimum Gasteiger partial charge on any atom is -0.381 e. The maximum absolute atomic E-state index is 11.8. The van der Waals surface area contributed by atoms with Gasteiger partial charge in [0.05, 0.1) is 5.75 Å². The van der Waals surface area contributed by atoms with E-state index < -0.39 is 0 Å². The fourth-order valence-electron chi connectivity index (χ4n) is 2.31. The van der Waals surface area contributed by atoms with E-state index in [4.69, 9.17) is 16.3 Å². The monoisotopic (exact) mass is 327 g/mol.